The quantitative estimate of drug-likeness (QED) is 0.817. The van der Waals surface area contributed by atoms with Crippen molar-refractivity contribution in [3.8, 4) is 0 Å². The number of rotatable bonds is 7. The fourth-order valence-corrected chi connectivity index (χ4v) is 2.86. The number of nitrogens with zero attached hydrogens (tertiary/aromatic N) is 1. The second kappa shape index (κ2) is 7.49. The fraction of sp³-hybridized carbons (Fsp3) is 0.312. The van der Waals surface area contributed by atoms with E-state index in [1.165, 1.54) is 7.05 Å². The van der Waals surface area contributed by atoms with E-state index in [4.69, 9.17) is 0 Å². The van der Waals surface area contributed by atoms with E-state index in [1.54, 1.807) is 18.3 Å². The molecule has 0 fully saturated rings. The monoisotopic (exact) mass is 319 g/mol. The van der Waals surface area contributed by atoms with E-state index in [0.717, 1.165) is 24.2 Å². The van der Waals surface area contributed by atoms with Crippen molar-refractivity contribution >= 4 is 10.0 Å². The summed E-state index contributed by atoms with van der Waals surface area (Å²) in [6.45, 7) is 2.87. The first-order valence-electron chi connectivity index (χ1n) is 7.20. The third-order valence-electron chi connectivity index (χ3n) is 3.52. The molecule has 2 rings (SSSR count). The number of benzene rings is 1. The van der Waals surface area contributed by atoms with Gasteiger partial charge in [0.1, 0.15) is 0 Å². The van der Waals surface area contributed by atoms with Crippen LogP contribution >= 0.6 is 0 Å². The van der Waals surface area contributed by atoms with Crippen LogP contribution in [0.5, 0.6) is 0 Å². The molecule has 0 radical (unpaired) electrons. The number of nitrogens with one attached hydrogen (secondary N) is 2. The van der Waals surface area contributed by atoms with Crippen LogP contribution in [0.1, 0.15) is 24.2 Å². The van der Waals surface area contributed by atoms with Gasteiger partial charge in [0.15, 0.2) is 0 Å². The molecule has 6 heteroatoms. The van der Waals surface area contributed by atoms with Crippen LogP contribution in [0.25, 0.3) is 0 Å². The van der Waals surface area contributed by atoms with Crippen LogP contribution in [-0.2, 0) is 16.4 Å². The first-order chi connectivity index (χ1) is 10.5. The summed E-state index contributed by atoms with van der Waals surface area (Å²) in [5.74, 6) is 0. The number of hydrogen-bond acceptors (Lipinski definition) is 4. The maximum absolute atomic E-state index is 11.7. The fourth-order valence-electron chi connectivity index (χ4n) is 2.13. The Morgan fingerprint density at radius 2 is 1.86 bits per heavy atom. The molecule has 0 saturated heterocycles. The van der Waals surface area contributed by atoms with Gasteiger partial charge in [-0.05, 0) is 43.8 Å². The van der Waals surface area contributed by atoms with E-state index in [2.05, 4.69) is 21.9 Å². The van der Waals surface area contributed by atoms with Crippen molar-refractivity contribution < 1.29 is 8.42 Å². The minimum Gasteiger partial charge on any atom is -0.310 e. The van der Waals surface area contributed by atoms with Crippen LogP contribution in [0.2, 0.25) is 0 Å². The van der Waals surface area contributed by atoms with Crippen LogP contribution in [0.3, 0.4) is 0 Å². The van der Waals surface area contributed by atoms with Crippen molar-refractivity contribution in [2.24, 2.45) is 0 Å². The predicted molar refractivity (Wildman–Crippen MR) is 87.0 cm³/mol. The molecule has 1 aromatic heterocycles. The average Bonchev–Trinajstić information content (AvgIpc) is 2.56. The summed E-state index contributed by atoms with van der Waals surface area (Å²) in [6.07, 6.45) is 2.65. The second-order valence-corrected chi connectivity index (χ2v) is 6.91. The summed E-state index contributed by atoms with van der Waals surface area (Å²) in [4.78, 5) is 4.56. The Morgan fingerprint density at radius 1 is 1.14 bits per heavy atom. The lowest BCUT2D eigenvalue weighted by Gasteiger charge is -2.14. The average molecular weight is 319 g/mol. The normalized spacial score (nSPS) is 13.0. The molecular weight excluding hydrogens is 298 g/mol. The molecule has 1 atom stereocenters. The van der Waals surface area contributed by atoms with Gasteiger partial charge in [-0.3, -0.25) is 4.98 Å². The van der Waals surface area contributed by atoms with Crippen LogP contribution < -0.4 is 10.0 Å². The van der Waals surface area contributed by atoms with Crippen molar-refractivity contribution in [3.63, 3.8) is 0 Å². The van der Waals surface area contributed by atoms with E-state index in [9.17, 15) is 8.42 Å². The molecule has 22 heavy (non-hydrogen) atoms. The molecule has 0 saturated carbocycles. The van der Waals surface area contributed by atoms with Crippen molar-refractivity contribution in [2.45, 2.75) is 24.3 Å². The topological polar surface area (TPSA) is 71.1 Å². The maximum atomic E-state index is 11.7. The molecule has 0 unspecified atom stereocenters. The molecule has 0 aliphatic rings. The standard InChI is InChI=1S/C16H21N3O2S/c1-13(18-12-10-15-5-3-4-11-19-15)14-6-8-16(9-7-14)22(20,21)17-2/h3-9,11,13,17-18H,10,12H2,1-2H3/t13-/m1/s1. The van der Waals surface area contributed by atoms with E-state index >= 15 is 0 Å². The number of aromatic nitrogens is 1. The lowest BCUT2D eigenvalue weighted by atomic mass is 10.1. The summed E-state index contributed by atoms with van der Waals surface area (Å²) in [5, 5.41) is 3.41. The van der Waals surface area contributed by atoms with Crippen molar-refractivity contribution in [2.75, 3.05) is 13.6 Å². The van der Waals surface area contributed by atoms with E-state index in [0.29, 0.717) is 0 Å². The molecule has 1 aromatic carbocycles. The highest BCUT2D eigenvalue weighted by molar-refractivity contribution is 7.89. The Labute approximate surface area is 131 Å². The van der Waals surface area contributed by atoms with Gasteiger partial charge in [0, 0.05) is 30.9 Å². The van der Waals surface area contributed by atoms with Gasteiger partial charge in [0.25, 0.3) is 0 Å². The summed E-state index contributed by atoms with van der Waals surface area (Å²) < 4.78 is 25.7. The van der Waals surface area contributed by atoms with Gasteiger partial charge in [-0.25, -0.2) is 13.1 Å². The summed E-state index contributed by atoms with van der Waals surface area (Å²) >= 11 is 0. The first kappa shape index (κ1) is 16.6. The molecule has 0 bridgehead atoms. The Morgan fingerprint density at radius 3 is 2.45 bits per heavy atom. The molecule has 2 N–H and O–H groups in total. The predicted octanol–water partition coefficient (Wildman–Crippen LogP) is 1.88. The number of hydrogen-bond donors (Lipinski definition) is 2. The number of pyridine rings is 1. The largest absolute Gasteiger partial charge is 0.310 e. The zero-order valence-electron chi connectivity index (χ0n) is 12.8. The van der Waals surface area contributed by atoms with Crippen molar-refractivity contribution in [1.82, 2.24) is 15.0 Å². The lowest BCUT2D eigenvalue weighted by Crippen LogP contribution is -2.22. The molecule has 2 aromatic rings. The molecule has 0 amide bonds. The minimum absolute atomic E-state index is 0.148. The van der Waals surface area contributed by atoms with Gasteiger partial charge in [0.05, 0.1) is 4.90 Å². The molecule has 0 spiro atoms. The van der Waals surface area contributed by atoms with Crippen LogP contribution in [0.4, 0.5) is 0 Å². The third kappa shape index (κ3) is 4.37. The smallest absolute Gasteiger partial charge is 0.240 e. The van der Waals surface area contributed by atoms with Crippen molar-refractivity contribution in [1.29, 1.82) is 0 Å². The summed E-state index contributed by atoms with van der Waals surface area (Å²) in [6, 6.07) is 13.0. The third-order valence-corrected chi connectivity index (χ3v) is 4.95. The van der Waals surface area contributed by atoms with Gasteiger partial charge in [-0.15, -0.1) is 0 Å². The Kier molecular flexibility index (Phi) is 5.65. The van der Waals surface area contributed by atoms with Gasteiger partial charge >= 0.3 is 0 Å². The summed E-state index contributed by atoms with van der Waals surface area (Å²) in [5.41, 5.74) is 2.11. The lowest BCUT2D eigenvalue weighted by molar-refractivity contribution is 0.572. The van der Waals surface area contributed by atoms with Crippen molar-refractivity contribution in [3.05, 3.63) is 59.9 Å². The second-order valence-electron chi connectivity index (χ2n) is 5.02. The Hall–Kier alpha value is -1.76. The van der Waals surface area contributed by atoms with Crippen LogP contribution in [0, 0.1) is 0 Å². The summed E-state index contributed by atoms with van der Waals surface area (Å²) in [7, 11) is -1.96. The van der Waals surface area contributed by atoms with Gasteiger partial charge in [-0.1, -0.05) is 18.2 Å². The highest BCUT2D eigenvalue weighted by Crippen LogP contribution is 2.16. The Bertz CT molecular complexity index is 685. The molecule has 1 heterocycles. The van der Waals surface area contributed by atoms with E-state index < -0.39 is 10.0 Å². The van der Waals surface area contributed by atoms with Crippen LogP contribution in [-0.4, -0.2) is 27.0 Å². The maximum Gasteiger partial charge on any atom is 0.240 e. The zero-order chi connectivity index (χ0) is 16.0. The van der Waals surface area contributed by atoms with Gasteiger partial charge < -0.3 is 5.32 Å². The molecule has 0 aliphatic carbocycles. The molecular formula is C16H21N3O2S. The first-order valence-corrected chi connectivity index (χ1v) is 8.68. The van der Waals surface area contributed by atoms with E-state index in [1.807, 2.05) is 30.3 Å². The zero-order valence-corrected chi connectivity index (χ0v) is 13.6. The molecule has 118 valence electrons. The highest BCUT2D eigenvalue weighted by atomic mass is 32.2. The van der Waals surface area contributed by atoms with Gasteiger partial charge in [-0.2, -0.15) is 0 Å². The van der Waals surface area contributed by atoms with Gasteiger partial charge in [0.2, 0.25) is 10.0 Å². The highest BCUT2D eigenvalue weighted by Gasteiger charge is 2.12. The molecule has 0 aliphatic heterocycles. The number of sulfonamides is 1. The Balaban J connectivity index is 1.91. The van der Waals surface area contributed by atoms with E-state index in [-0.39, 0.29) is 10.9 Å². The molecule has 5 nitrogen and oxygen atoms in total. The van der Waals surface area contributed by atoms with Crippen LogP contribution in [0.15, 0.2) is 53.6 Å². The minimum atomic E-state index is -3.37. The SMILES string of the molecule is CNS(=O)(=O)c1ccc([C@@H](C)NCCc2ccccn2)cc1.